The van der Waals surface area contributed by atoms with Crippen molar-refractivity contribution in [1.29, 1.82) is 0 Å². The minimum absolute atomic E-state index is 0.393. The molecule has 1 atom stereocenters. The SMILES string of the molecule is [2H]C([2H])(OC(=O)[C@@H](C)c1ccc2cc(OC)ccc2c1)C([2H])([2H])C([2H])([2H])C([2H])([2H])O[N+](=O)[O-]. The molecule has 0 aliphatic rings. The molecule has 0 N–H and O–H groups in total. The molecule has 0 aliphatic carbocycles. The molecule has 7 nitrogen and oxygen atoms in total. The monoisotopic (exact) mass is 355 g/mol. The van der Waals surface area contributed by atoms with Crippen LogP contribution in [0.1, 0.15) is 42.1 Å². The van der Waals surface area contributed by atoms with Gasteiger partial charge in [-0.15, -0.1) is 10.1 Å². The topological polar surface area (TPSA) is 87.9 Å². The number of hydrogen-bond acceptors (Lipinski definition) is 6. The second-order valence-corrected chi connectivity index (χ2v) is 4.88. The summed E-state index contributed by atoms with van der Waals surface area (Å²) in [7, 11) is 1.51. The molecule has 0 spiro atoms. The third-order valence-electron chi connectivity index (χ3n) is 3.36. The zero-order valence-corrected chi connectivity index (χ0v) is 13.4. The van der Waals surface area contributed by atoms with E-state index in [1.807, 2.05) is 0 Å². The fourth-order valence-electron chi connectivity index (χ4n) is 2.05. The van der Waals surface area contributed by atoms with E-state index in [0.717, 1.165) is 10.8 Å². The van der Waals surface area contributed by atoms with Crippen molar-refractivity contribution in [3.05, 3.63) is 52.1 Å². The standard InChI is InChI=1S/C18H21NO6/c1-13(18(20)24-9-3-4-10-25-19(21)22)14-5-6-16-12-17(23-2)8-7-15(16)11-14/h5-8,11-13H,3-4,9-10H2,1-2H3/t13-/m0/s1/i3D2,4D2,9D2,10D2. The fourth-order valence-corrected chi connectivity index (χ4v) is 2.05. The van der Waals surface area contributed by atoms with E-state index in [2.05, 4.69) is 9.57 Å². The molecule has 0 radical (unpaired) electrons. The number of rotatable bonds is 9. The molecule has 25 heavy (non-hydrogen) atoms. The summed E-state index contributed by atoms with van der Waals surface area (Å²) in [5, 5.41) is 10.3. The summed E-state index contributed by atoms with van der Waals surface area (Å²) >= 11 is 0. The summed E-state index contributed by atoms with van der Waals surface area (Å²) in [5.41, 5.74) is 0.393. The Bertz CT molecular complexity index is 1060. The molecular formula is C18H21NO6. The van der Waals surface area contributed by atoms with Crippen LogP contribution in [0.25, 0.3) is 10.8 Å². The molecule has 0 aliphatic heterocycles. The largest absolute Gasteiger partial charge is 0.497 e. The van der Waals surface area contributed by atoms with Crippen molar-refractivity contribution >= 4 is 16.7 Å². The van der Waals surface area contributed by atoms with Gasteiger partial charge in [0.15, 0.2) is 0 Å². The molecule has 7 heteroatoms. The Balaban J connectivity index is 2.29. The highest BCUT2D eigenvalue weighted by Crippen LogP contribution is 2.25. The Morgan fingerprint density at radius 3 is 2.60 bits per heavy atom. The summed E-state index contributed by atoms with van der Waals surface area (Å²) in [4.78, 5) is 26.6. The van der Waals surface area contributed by atoms with Crippen LogP contribution in [0.3, 0.4) is 0 Å². The molecule has 2 aromatic carbocycles. The smallest absolute Gasteiger partial charge is 0.313 e. The molecule has 134 valence electrons. The molecular weight excluding hydrogens is 326 g/mol. The van der Waals surface area contributed by atoms with Crippen molar-refractivity contribution in [3.63, 3.8) is 0 Å². The van der Waals surface area contributed by atoms with Gasteiger partial charge in [0.1, 0.15) is 5.75 Å². The average Bonchev–Trinajstić information content (AvgIpc) is 2.70. The first-order valence-electron chi connectivity index (χ1n) is 11.1. The number of carbonyl (C=O) groups is 1. The molecule has 0 fully saturated rings. The van der Waals surface area contributed by atoms with E-state index in [1.54, 1.807) is 36.4 Å². The number of benzene rings is 2. The first kappa shape index (κ1) is 10.2. The first-order valence-corrected chi connectivity index (χ1v) is 7.11. The van der Waals surface area contributed by atoms with Gasteiger partial charge in [-0.3, -0.25) is 4.79 Å². The second-order valence-electron chi connectivity index (χ2n) is 4.88. The molecule has 0 bridgehead atoms. The maximum absolute atomic E-state index is 12.6. The summed E-state index contributed by atoms with van der Waals surface area (Å²) < 4.78 is 71.1. The maximum Gasteiger partial charge on any atom is 0.313 e. The van der Waals surface area contributed by atoms with Crippen molar-refractivity contribution in [2.45, 2.75) is 25.6 Å². The quantitative estimate of drug-likeness (QED) is 0.389. The predicted octanol–water partition coefficient (Wildman–Crippen LogP) is 3.48. The summed E-state index contributed by atoms with van der Waals surface area (Å²) in [5.74, 6) is -1.75. The van der Waals surface area contributed by atoms with Crippen LogP contribution in [0, 0.1) is 10.1 Å². The highest BCUT2D eigenvalue weighted by atomic mass is 16.9. The Kier molecular flexibility index (Phi) is 3.63. The van der Waals surface area contributed by atoms with Gasteiger partial charge < -0.3 is 14.3 Å². The number of nitrogens with zero attached hydrogens (tertiary/aromatic N) is 1. The van der Waals surface area contributed by atoms with Gasteiger partial charge in [-0.1, -0.05) is 24.3 Å². The van der Waals surface area contributed by atoms with E-state index >= 15 is 0 Å². The lowest BCUT2D eigenvalue weighted by atomic mass is 9.98. The van der Waals surface area contributed by atoms with Crippen molar-refractivity contribution in [1.82, 2.24) is 0 Å². The number of carbonyl (C=O) groups excluding carboxylic acids is 1. The number of ether oxygens (including phenoxy) is 2. The number of fused-ring (bicyclic) bond motifs is 1. The molecule has 2 aromatic rings. The van der Waals surface area contributed by atoms with Gasteiger partial charge in [0, 0.05) is 5.48 Å². The average molecular weight is 355 g/mol. The lowest BCUT2D eigenvalue weighted by Gasteiger charge is -2.13. The lowest BCUT2D eigenvalue weighted by Crippen LogP contribution is -2.14. The van der Waals surface area contributed by atoms with Gasteiger partial charge in [0.25, 0.3) is 5.09 Å². The van der Waals surface area contributed by atoms with Crippen LogP contribution < -0.4 is 4.74 Å². The fraction of sp³-hybridized carbons (Fsp3) is 0.389. The number of esters is 1. The van der Waals surface area contributed by atoms with E-state index in [4.69, 9.17) is 15.7 Å². The molecule has 0 heterocycles. The van der Waals surface area contributed by atoms with Gasteiger partial charge in [0.05, 0.1) is 31.6 Å². The van der Waals surface area contributed by atoms with Gasteiger partial charge in [-0.25, -0.2) is 0 Å². The van der Waals surface area contributed by atoms with Crippen LogP contribution in [0.5, 0.6) is 5.75 Å². The van der Waals surface area contributed by atoms with Gasteiger partial charge in [-0.05, 0) is 48.1 Å². The summed E-state index contributed by atoms with van der Waals surface area (Å²) in [6.07, 6.45) is -7.84. The number of hydrogen-bond donors (Lipinski definition) is 0. The van der Waals surface area contributed by atoms with E-state index in [9.17, 15) is 14.9 Å². The van der Waals surface area contributed by atoms with Crippen LogP contribution in [-0.4, -0.2) is 31.3 Å². The molecule has 0 amide bonds. The third kappa shape index (κ3) is 5.34. The molecule has 0 saturated heterocycles. The lowest BCUT2D eigenvalue weighted by molar-refractivity contribution is -0.757. The minimum atomic E-state index is -3.94. The van der Waals surface area contributed by atoms with E-state index < -0.39 is 42.8 Å². The van der Waals surface area contributed by atoms with Crippen molar-refractivity contribution in [3.8, 4) is 5.75 Å². The van der Waals surface area contributed by atoms with Crippen molar-refractivity contribution in [2.24, 2.45) is 0 Å². The molecule has 0 aromatic heterocycles. The summed E-state index contributed by atoms with van der Waals surface area (Å²) in [6, 6.07) is 10.1. The highest BCUT2D eigenvalue weighted by molar-refractivity contribution is 5.86. The Hall–Kier alpha value is -2.83. The van der Waals surface area contributed by atoms with E-state index in [0.29, 0.717) is 11.3 Å². The Labute approximate surface area is 156 Å². The Morgan fingerprint density at radius 2 is 1.88 bits per heavy atom. The third-order valence-corrected chi connectivity index (χ3v) is 3.36. The molecule has 0 unspecified atom stereocenters. The molecule has 0 saturated carbocycles. The van der Waals surface area contributed by atoms with Crippen molar-refractivity contribution < 1.29 is 35.2 Å². The Morgan fingerprint density at radius 1 is 1.20 bits per heavy atom. The zero-order chi connectivity index (χ0) is 25.4. The first-order chi connectivity index (χ1) is 15.0. The normalized spacial score (nSPS) is 18.8. The van der Waals surface area contributed by atoms with Crippen molar-refractivity contribution in [2.75, 3.05) is 20.2 Å². The van der Waals surface area contributed by atoms with Gasteiger partial charge >= 0.3 is 5.97 Å². The second kappa shape index (κ2) is 8.86. The minimum Gasteiger partial charge on any atom is -0.497 e. The predicted molar refractivity (Wildman–Crippen MR) is 92.1 cm³/mol. The summed E-state index contributed by atoms with van der Waals surface area (Å²) in [6.45, 7) is -6.26. The van der Waals surface area contributed by atoms with Crippen LogP contribution in [0.2, 0.25) is 0 Å². The number of methoxy groups -OCH3 is 1. The van der Waals surface area contributed by atoms with Crippen LogP contribution >= 0.6 is 0 Å². The van der Waals surface area contributed by atoms with Crippen LogP contribution in [-0.2, 0) is 14.4 Å². The highest BCUT2D eigenvalue weighted by Gasteiger charge is 2.17. The zero-order valence-electron chi connectivity index (χ0n) is 21.4. The van der Waals surface area contributed by atoms with Crippen LogP contribution in [0.15, 0.2) is 36.4 Å². The van der Waals surface area contributed by atoms with E-state index in [1.165, 1.54) is 14.0 Å². The van der Waals surface area contributed by atoms with Gasteiger partial charge in [-0.2, -0.15) is 0 Å². The van der Waals surface area contributed by atoms with Gasteiger partial charge in [0.2, 0.25) is 0 Å². The maximum atomic E-state index is 12.6. The van der Waals surface area contributed by atoms with Crippen LogP contribution in [0.4, 0.5) is 0 Å². The molecule has 2 rings (SSSR count). The van der Waals surface area contributed by atoms with E-state index in [-0.39, 0.29) is 0 Å².